The summed E-state index contributed by atoms with van der Waals surface area (Å²) in [5, 5.41) is 0. The van der Waals surface area contributed by atoms with Crippen LogP contribution in [0.3, 0.4) is 0 Å². The maximum absolute atomic E-state index is 11.4. The van der Waals surface area contributed by atoms with Crippen LogP contribution in [0.5, 0.6) is 0 Å². The van der Waals surface area contributed by atoms with E-state index in [0.717, 1.165) is 31.6 Å². The second kappa shape index (κ2) is 5.98. The van der Waals surface area contributed by atoms with Gasteiger partial charge in [0, 0.05) is 19.6 Å². The number of hydrogen-bond acceptors (Lipinski definition) is 4. The Balaban J connectivity index is 1.92. The van der Waals surface area contributed by atoms with Crippen molar-refractivity contribution >= 4 is 5.97 Å². The number of rotatable bonds is 4. The Morgan fingerprint density at radius 2 is 2.28 bits per heavy atom. The summed E-state index contributed by atoms with van der Waals surface area (Å²) in [4.78, 5) is 13.7. The summed E-state index contributed by atoms with van der Waals surface area (Å²) in [5.41, 5.74) is 8.03. The summed E-state index contributed by atoms with van der Waals surface area (Å²) in [5.74, 6) is -0.0547. The Hall–Kier alpha value is -1.39. The van der Waals surface area contributed by atoms with Crippen LogP contribution in [-0.4, -0.2) is 31.1 Å². The van der Waals surface area contributed by atoms with Crippen molar-refractivity contribution in [2.75, 3.05) is 20.2 Å². The molecule has 4 nitrogen and oxygen atoms in total. The first-order chi connectivity index (χ1) is 8.72. The highest BCUT2D eigenvalue weighted by molar-refractivity contribution is 5.72. The normalized spacial score (nSPS) is 20.0. The second-order valence-corrected chi connectivity index (χ2v) is 4.77. The van der Waals surface area contributed by atoms with Crippen LogP contribution in [0.2, 0.25) is 0 Å². The van der Waals surface area contributed by atoms with Crippen molar-refractivity contribution in [2.45, 2.75) is 19.5 Å². The van der Waals surface area contributed by atoms with Gasteiger partial charge in [0.1, 0.15) is 0 Å². The Morgan fingerprint density at radius 3 is 3.00 bits per heavy atom. The number of esters is 1. The van der Waals surface area contributed by atoms with Crippen LogP contribution in [0, 0.1) is 5.92 Å². The topological polar surface area (TPSA) is 55.6 Å². The molecule has 1 aromatic carbocycles. The fourth-order valence-electron chi connectivity index (χ4n) is 2.45. The van der Waals surface area contributed by atoms with Crippen LogP contribution in [0.4, 0.5) is 0 Å². The lowest BCUT2D eigenvalue weighted by atomic mass is 10.1. The third kappa shape index (κ3) is 3.09. The molecule has 0 radical (unpaired) electrons. The molecule has 98 valence electrons. The molecule has 0 aliphatic carbocycles. The summed E-state index contributed by atoms with van der Waals surface area (Å²) in [6.07, 6.45) is 0.892. The molecule has 1 aliphatic rings. The summed E-state index contributed by atoms with van der Waals surface area (Å²) >= 11 is 0. The monoisotopic (exact) mass is 248 g/mol. The molecule has 1 atom stereocenters. The van der Waals surface area contributed by atoms with Gasteiger partial charge in [0.2, 0.25) is 0 Å². The third-order valence-corrected chi connectivity index (χ3v) is 3.44. The lowest BCUT2D eigenvalue weighted by molar-refractivity contribution is -0.144. The fourth-order valence-corrected chi connectivity index (χ4v) is 2.45. The average molecular weight is 248 g/mol. The van der Waals surface area contributed by atoms with Crippen molar-refractivity contribution in [2.24, 2.45) is 11.7 Å². The van der Waals surface area contributed by atoms with Crippen molar-refractivity contribution in [3.8, 4) is 0 Å². The minimum absolute atomic E-state index is 0.0349. The van der Waals surface area contributed by atoms with Gasteiger partial charge in [-0.25, -0.2) is 0 Å². The van der Waals surface area contributed by atoms with Crippen molar-refractivity contribution in [1.29, 1.82) is 0 Å². The summed E-state index contributed by atoms with van der Waals surface area (Å²) < 4.78 is 4.79. The Labute approximate surface area is 108 Å². The minimum atomic E-state index is -0.0896. The number of ether oxygens (including phenoxy) is 1. The first-order valence-electron chi connectivity index (χ1n) is 6.31. The molecule has 18 heavy (non-hydrogen) atoms. The molecule has 1 heterocycles. The predicted molar refractivity (Wildman–Crippen MR) is 69.7 cm³/mol. The van der Waals surface area contributed by atoms with Crippen LogP contribution < -0.4 is 5.73 Å². The third-order valence-electron chi connectivity index (χ3n) is 3.44. The van der Waals surface area contributed by atoms with Gasteiger partial charge in [-0.1, -0.05) is 24.3 Å². The molecule has 0 bridgehead atoms. The molecule has 1 fully saturated rings. The summed E-state index contributed by atoms with van der Waals surface area (Å²) in [7, 11) is 1.45. The number of nitrogens with two attached hydrogens (primary N) is 1. The molecule has 2 N–H and O–H groups in total. The quantitative estimate of drug-likeness (QED) is 0.812. The summed E-state index contributed by atoms with van der Waals surface area (Å²) in [6.45, 7) is 3.19. The first-order valence-corrected chi connectivity index (χ1v) is 6.31. The summed E-state index contributed by atoms with van der Waals surface area (Å²) in [6, 6.07) is 8.30. The van der Waals surface area contributed by atoms with Gasteiger partial charge in [0.25, 0.3) is 0 Å². The Morgan fingerprint density at radius 1 is 1.50 bits per heavy atom. The molecule has 0 saturated carbocycles. The standard InChI is InChI=1S/C14H20N2O2/c1-18-14(17)13-5-6-16(10-13)9-12-4-2-3-11(7-12)8-15/h2-4,7,13H,5-6,8-10,15H2,1H3. The predicted octanol–water partition coefficient (Wildman–Crippen LogP) is 1.14. The second-order valence-electron chi connectivity index (χ2n) is 4.77. The highest BCUT2D eigenvalue weighted by atomic mass is 16.5. The van der Waals surface area contributed by atoms with Crippen LogP contribution >= 0.6 is 0 Å². The molecule has 0 aromatic heterocycles. The number of nitrogens with zero attached hydrogens (tertiary/aromatic N) is 1. The van der Waals surface area contributed by atoms with Crippen LogP contribution in [0.15, 0.2) is 24.3 Å². The molecule has 1 unspecified atom stereocenters. The van der Waals surface area contributed by atoms with Crippen LogP contribution in [0.1, 0.15) is 17.5 Å². The van der Waals surface area contributed by atoms with E-state index in [2.05, 4.69) is 17.0 Å². The van der Waals surface area contributed by atoms with Crippen LogP contribution in [0.25, 0.3) is 0 Å². The van der Waals surface area contributed by atoms with Gasteiger partial charge in [0.05, 0.1) is 13.0 Å². The molecular formula is C14H20N2O2. The van der Waals surface area contributed by atoms with E-state index in [1.54, 1.807) is 0 Å². The van der Waals surface area contributed by atoms with Crippen LogP contribution in [-0.2, 0) is 22.6 Å². The van der Waals surface area contributed by atoms with E-state index in [0.29, 0.717) is 6.54 Å². The van der Waals surface area contributed by atoms with Crippen molar-refractivity contribution in [1.82, 2.24) is 4.90 Å². The van der Waals surface area contributed by atoms with E-state index < -0.39 is 0 Å². The van der Waals surface area contributed by atoms with Crippen molar-refractivity contribution in [3.63, 3.8) is 0 Å². The molecule has 0 spiro atoms. The van der Waals surface area contributed by atoms with E-state index in [4.69, 9.17) is 10.5 Å². The van der Waals surface area contributed by atoms with E-state index in [1.165, 1.54) is 12.7 Å². The van der Waals surface area contributed by atoms with Crippen molar-refractivity contribution < 1.29 is 9.53 Å². The Bertz CT molecular complexity index is 420. The first kappa shape index (κ1) is 13.1. The van der Waals surface area contributed by atoms with Gasteiger partial charge in [0.15, 0.2) is 0 Å². The number of likely N-dealkylation sites (tertiary alicyclic amines) is 1. The number of hydrogen-bond donors (Lipinski definition) is 1. The zero-order valence-corrected chi connectivity index (χ0v) is 10.8. The lowest BCUT2D eigenvalue weighted by Gasteiger charge is -2.16. The zero-order chi connectivity index (χ0) is 13.0. The van der Waals surface area contributed by atoms with Gasteiger partial charge < -0.3 is 10.5 Å². The molecule has 2 rings (SSSR count). The fraction of sp³-hybridized carbons (Fsp3) is 0.500. The highest BCUT2D eigenvalue weighted by Crippen LogP contribution is 2.20. The smallest absolute Gasteiger partial charge is 0.310 e. The Kier molecular flexibility index (Phi) is 4.33. The van der Waals surface area contributed by atoms with Gasteiger partial charge >= 0.3 is 5.97 Å². The van der Waals surface area contributed by atoms with E-state index >= 15 is 0 Å². The largest absolute Gasteiger partial charge is 0.469 e. The maximum Gasteiger partial charge on any atom is 0.310 e. The SMILES string of the molecule is COC(=O)C1CCN(Cc2cccc(CN)c2)C1. The van der Waals surface area contributed by atoms with E-state index in [9.17, 15) is 4.79 Å². The molecular weight excluding hydrogens is 228 g/mol. The minimum Gasteiger partial charge on any atom is -0.469 e. The molecule has 1 saturated heterocycles. The van der Waals surface area contributed by atoms with Gasteiger partial charge in [-0.05, 0) is 24.1 Å². The van der Waals surface area contributed by atoms with Crippen molar-refractivity contribution in [3.05, 3.63) is 35.4 Å². The molecule has 1 aromatic rings. The molecule has 0 amide bonds. The maximum atomic E-state index is 11.4. The average Bonchev–Trinajstić information content (AvgIpc) is 2.86. The van der Waals surface area contributed by atoms with E-state index in [-0.39, 0.29) is 11.9 Å². The van der Waals surface area contributed by atoms with Gasteiger partial charge in [-0.2, -0.15) is 0 Å². The highest BCUT2D eigenvalue weighted by Gasteiger charge is 2.28. The van der Waals surface area contributed by atoms with Gasteiger partial charge in [-0.3, -0.25) is 9.69 Å². The number of benzene rings is 1. The van der Waals surface area contributed by atoms with Gasteiger partial charge in [-0.15, -0.1) is 0 Å². The number of methoxy groups -OCH3 is 1. The number of carbonyl (C=O) groups excluding carboxylic acids is 1. The zero-order valence-electron chi connectivity index (χ0n) is 10.8. The van der Waals surface area contributed by atoms with E-state index in [1.807, 2.05) is 12.1 Å². The number of carbonyl (C=O) groups is 1. The molecule has 4 heteroatoms. The molecule has 1 aliphatic heterocycles. The lowest BCUT2D eigenvalue weighted by Crippen LogP contribution is -2.23.